The zero-order chi connectivity index (χ0) is 12.3. The van der Waals surface area contributed by atoms with Crippen LogP contribution in [0.1, 0.15) is 31.0 Å². The number of aromatic nitrogens is 3. The lowest BCUT2D eigenvalue weighted by Crippen LogP contribution is -1.99. The molecule has 0 amide bonds. The maximum absolute atomic E-state index is 12.8. The van der Waals surface area contributed by atoms with Crippen LogP contribution in [0.2, 0.25) is 0 Å². The molecule has 0 saturated carbocycles. The van der Waals surface area contributed by atoms with Crippen molar-refractivity contribution >= 4 is 0 Å². The summed E-state index contributed by atoms with van der Waals surface area (Å²) < 4.78 is 14.6. The lowest BCUT2D eigenvalue weighted by Gasteiger charge is -2.09. The monoisotopic (exact) mass is 233 g/mol. The molecule has 2 rings (SSSR count). The molecule has 1 aromatic carbocycles. The Hall–Kier alpha value is -1.71. The van der Waals surface area contributed by atoms with E-state index in [2.05, 4.69) is 17.2 Å². The summed E-state index contributed by atoms with van der Waals surface area (Å²) in [6.07, 6.45) is 2.78. The van der Waals surface area contributed by atoms with Gasteiger partial charge in [-0.15, -0.1) is 5.10 Å². The minimum atomic E-state index is -0.196. The Bertz CT molecular complexity index is 476. The molecule has 1 atom stereocenters. The van der Waals surface area contributed by atoms with Gasteiger partial charge in [0.15, 0.2) is 0 Å². The van der Waals surface area contributed by atoms with E-state index in [0.717, 1.165) is 24.2 Å². The topological polar surface area (TPSA) is 30.7 Å². The highest BCUT2D eigenvalue weighted by Crippen LogP contribution is 2.19. The summed E-state index contributed by atoms with van der Waals surface area (Å²) in [5, 5.41) is 8.11. The summed E-state index contributed by atoms with van der Waals surface area (Å²) in [6.45, 7) is 4.97. The summed E-state index contributed by atoms with van der Waals surface area (Å²) >= 11 is 0. The highest BCUT2D eigenvalue weighted by Gasteiger charge is 2.09. The number of halogens is 1. The van der Waals surface area contributed by atoms with Gasteiger partial charge in [0.25, 0.3) is 0 Å². The smallest absolute Gasteiger partial charge is 0.123 e. The first kappa shape index (κ1) is 11.8. The van der Waals surface area contributed by atoms with Crippen molar-refractivity contribution in [2.45, 2.75) is 32.7 Å². The summed E-state index contributed by atoms with van der Waals surface area (Å²) in [5.74, 6) is 0.121. The van der Waals surface area contributed by atoms with Crippen molar-refractivity contribution in [1.29, 1.82) is 0 Å². The summed E-state index contributed by atoms with van der Waals surface area (Å²) in [7, 11) is 0. The Labute approximate surface area is 100 Å². The fourth-order valence-corrected chi connectivity index (χ4v) is 1.81. The summed E-state index contributed by atoms with van der Waals surface area (Å²) in [6, 6.07) is 6.64. The highest BCUT2D eigenvalue weighted by molar-refractivity contribution is 5.21. The van der Waals surface area contributed by atoms with Crippen LogP contribution in [0.25, 0.3) is 0 Å². The maximum atomic E-state index is 12.8. The van der Waals surface area contributed by atoms with Crippen molar-refractivity contribution in [2.75, 3.05) is 0 Å². The molecular weight excluding hydrogens is 217 g/mol. The van der Waals surface area contributed by atoms with Crippen LogP contribution in [0, 0.1) is 5.82 Å². The van der Waals surface area contributed by atoms with E-state index in [4.69, 9.17) is 0 Å². The standard InChI is InChI=1S/C13H16FN3/c1-3-17-9-13(15-16-17)8-10(2)11-4-6-12(14)7-5-11/h4-7,9-10H,3,8H2,1-2H3. The van der Waals surface area contributed by atoms with Crippen LogP contribution in [-0.2, 0) is 13.0 Å². The third kappa shape index (κ3) is 2.90. The van der Waals surface area contributed by atoms with Crippen molar-refractivity contribution in [2.24, 2.45) is 0 Å². The van der Waals surface area contributed by atoms with Crippen molar-refractivity contribution < 1.29 is 4.39 Å². The second-order valence-electron chi connectivity index (χ2n) is 4.22. The van der Waals surface area contributed by atoms with Crippen LogP contribution in [0.15, 0.2) is 30.5 Å². The number of hydrogen-bond donors (Lipinski definition) is 0. The van der Waals surface area contributed by atoms with Crippen molar-refractivity contribution in [3.8, 4) is 0 Å². The average Bonchev–Trinajstić information content (AvgIpc) is 2.77. The SMILES string of the molecule is CCn1cc(CC(C)c2ccc(F)cc2)nn1. The number of hydrogen-bond acceptors (Lipinski definition) is 2. The molecular formula is C13H16FN3. The maximum Gasteiger partial charge on any atom is 0.123 e. The Kier molecular flexibility index (Phi) is 3.52. The Morgan fingerprint density at radius 3 is 2.59 bits per heavy atom. The zero-order valence-electron chi connectivity index (χ0n) is 10.1. The minimum absolute atomic E-state index is 0.196. The Balaban J connectivity index is 2.05. The molecule has 0 spiro atoms. The third-order valence-electron chi connectivity index (χ3n) is 2.86. The molecule has 0 N–H and O–H groups in total. The Morgan fingerprint density at radius 1 is 1.29 bits per heavy atom. The predicted octanol–water partition coefficient (Wildman–Crippen LogP) is 2.78. The number of aryl methyl sites for hydroxylation is 1. The molecule has 0 fully saturated rings. The van der Waals surface area contributed by atoms with Gasteiger partial charge < -0.3 is 0 Å². The lowest BCUT2D eigenvalue weighted by molar-refractivity contribution is 0.624. The second kappa shape index (κ2) is 5.08. The van der Waals surface area contributed by atoms with Gasteiger partial charge in [-0.2, -0.15) is 0 Å². The summed E-state index contributed by atoms with van der Waals surface area (Å²) in [4.78, 5) is 0. The molecule has 0 bridgehead atoms. The van der Waals surface area contributed by atoms with Gasteiger partial charge in [0.1, 0.15) is 5.82 Å². The zero-order valence-corrected chi connectivity index (χ0v) is 10.1. The fourth-order valence-electron chi connectivity index (χ4n) is 1.81. The summed E-state index contributed by atoms with van der Waals surface area (Å²) in [5.41, 5.74) is 2.10. The van der Waals surface area contributed by atoms with Crippen molar-refractivity contribution in [3.05, 3.63) is 47.5 Å². The number of benzene rings is 1. The molecule has 1 aromatic heterocycles. The second-order valence-corrected chi connectivity index (χ2v) is 4.22. The van der Waals surface area contributed by atoms with Gasteiger partial charge in [0.05, 0.1) is 5.69 Å². The van der Waals surface area contributed by atoms with Gasteiger partial charge in [-0.1, -0.05) is 24.3 Å². The van der Waals surface area contributed by atoms with Crippen LogP contribution in [0.5, 0.6) is 0 Å². The molecule has 3 nitrogen and oxygen atoms in total. The largest absolute Gasteiger partial charge is 0.253 e. The van der Waals surface area contributed by atoms with E-state index in [9.17, 15) is 4.39 Å². The number of rotatable bonds is 4. The lowest BCUT2D eigenvalue weighted by atomic mass is 9.96. The molecule has 0 saturated heterocycles. The molecule has 17 heavy (non-hydrogen) atoms. The molecule has 1 unspecified atom stereocenters. The first-order valence-electron chi connectivity index (χ1n) is 5.83. The van der Waals surface area contributed by atoms with E-state index in [0.29, 0.717) is 5.92 Å². The van der Waals surface area contributed by atoms with Gasteiger partial charge in [0.2, 0.25) is 0 Å². The van der Waals surface area contributed by atoms with Crippen LogP contribution in [-0.4, -0.2) is 15.0 Å². The van der Waals surface area contributed by atoms with Crippen molar-refractivity contribution in [1.82, 2.24) is 15.0 Å². The van der Waals surface area contributed by atoms with Gasteiger partial charge >= 0.3 is 0 Å². The van der Waals surface area contributed by atoms with Gasteiger partial charge in [-0.3, -0.25) is 4.68 Å². The van der Waals surface area contributed by atoms with Crippen LogP contribution < -0.4 is 0 Å². The average molecular weight is 233 g/mol. The molecule has 0 radical (unpaired) electrons. The van der Waals surface area contributed by atoms with Gasteiger partial charge in [-0.05, 0) is 37.0 Å². The molecule has 90 valence electrons. The van der Waals surface area contributed by atoms with Gasteiger partial charge in [-0.25, -0.2) is 4.39 Å². The van der Waals surface area contributed by atoms with Crippen LogP contribution in [0.3, 0.4) is 0 Å². The van der Waals surface area contributed by atoms with Crippen LogP contribution in [0.4, 0.5) is 4.39 Å². The van der Waals surface area contributed by atoms with E-state index in [1.807, 2.05) is 29.9 Å². The third-order valence-corrected chi connectivity index (χ3v) is 2.86. The Morgan fingerprint density at radius 2 is 2.00 bits per heavy atom. The van der Waals surface area contributed by atoms with E-state index in [1.165, 1.54) is 12.1 Å². The molecule has 0 aliphatic carbocycles. The highest BCUT2D eigenvalue weighted by atomic mass is 19.1. The van der Waals surface area contributed by atoms with Gasteiger partial charge in [0, 0.05) is 12.7 Å². The molecule has 1 heterocycles. The van der Waals surface area contributed by atoms with E-state index in [1.54, 1.807) is 0 Å². The van der Waals surface area contributed by atoms with Crippen molar-refractivity contribution in [3.63, 3.8) is 0 Å². The molecule has 4 heteroatoms. The molecule has 2 aromatic rings. The minimum Gasteiger partial charge on any atom is -0.253 e. The first-order chi connectivity index (χ1) is 8.19. The first-order valence-corrected chi connectivity index (χ1v) is 5.83. The van der Waals surface area contributed by atoms with E-state index < -0.39 is 0 Å². The van der Waals surface area contributed by atoms with E-state index in [-0.39, 0.29) is 5.82 Å². The quantitative estimate of drug-likeness (QED) is 0.813. The number of nitrogens with zero attached hydrogens (tertiary/aromatic N) is 3. The predicted molar refractivity (Wildman–Crippen MR) is 64.2 cm³/mol. The van der Waals surface area contributed by atoms with E-state index >= 15 is 0 Å². The van der Waals surface area contributed by atoms with Crippen LogP contribution >= 0.6 is 0 Å². The fraction of sp³-hybridized carbons (Fsp3) is 0.385. The molecule has 0 aliphatic rings. The molecule has 0 aliphatic heterocycles. The normalized spacial score (nSPS) is 12.6.